The molecule has 3 N–H and O–H groups in total. The van der Waals surface area contributed by atoms with Gasteiger partial charge in [-0.15, -0.1) is 0 Å². The molecule has 4 nitrogen and oxygen atoms in total. The van der Waals surface area contributed by atoms with Gasteiger partial charge < -0.3 is 20.3 Å². The molecule has 76 valence electrons. The highest BCUT2D eigenvalue weighted by atomic mass is 16.5. The molecule has 1 aliphatic heterocycles. The smallest absolute Gasteiger partial charge is 0.161 e. The molecule has 1 atom stereocenters. The van der Waals surface area contributed by atoms with Crippen molar-refractivity contribution in [1.82, 2.24) is 0 Å². The van der Waals surface area contributed by atoms with Crippen LogP contribution in [0.4, 0.5) is 0 Å². The SMILES string of the molecule is NC(O)c1ccc2c(c1)OCCCO2. The fourth-order valence-electron chi connectivity index (χ4n) is 1.36. The Morgan fingerprint density at radius 1 is 1.21 bits per heavy atom. The summed E-state index contributed by atoms with van der Waals surface area (Å²) in [5, 5.41) is 9.18. The molecule has 1 aliphatic rings. The fourth-order valence-corrected chi connectivity index (χ4v) is 1.36. The third-order valence-corrected chi connectivity index (χ3v) is 2.11. The van der Waals surface area contributed by atoms with E-state index in [-0.39, 0.29) is 0 Å². The normalized spacial score (nSPS) is 17.3. The van der Waals surface area contributed by atoms with E-state index in [1.54, 1.807) is 18.2 Å². The highest BCUT2D eigenvalue weighted by molar-refractivity contribution is 5.43. The second kappa shape index (κ2) is 3.86. The summed E-state index contributed by atoms with van der Waals surface area (Å²) in [6.07, 6.45) is -0.0954. The van der Waals surface area contributed by atoms with E-state index in [0.717, 1.165) is 6.42 Å². The zero-order valence-corrected chi connectivity index (χ0v) is 7.77. The predicted molar refractivity (Wildman–Crippen MR) is 51.2 cm³/mol. The van der Waals surface area contributed by atoms with Gasteiger partial charge in [0.25, 0.3) is 0 Å². The summed E-state index contributed by atoms with van der Waals surface area (Å²) in [5.74, 6) is 1.37. The third kappa shape index (κ3) is 1.81. The second-order valence-corrected chi connectivity index (χ2v) is 3.20. The number of rotatable bonds is 1. The first-order valence-electron chi connectivity index (χ1n) is 4.60. The molecule has 0 spiro atoms. The molecular formula is C10H13NO3. The van der Waals surface area contributed by atoms with Crippen LogP contribution in [0.1, 0.15) is 18.2 Å². The number of fused-ring (bicyclic) bond motifs is 1. The third-order valence-electron chi connectivity index (χ3n) is 2.11. The number of ether oxygens (including phenoxy) is 2. The average molecular weight is 195 g/mol. The molecular weight excluding hydrogens is 182 g/mol. The molecule has 0 amide bonds. The lowest BCUT2D eigenvalue weighted by atomic mass is 10.2. The van der Waals surface area contributed by atoms with Crippen LogP contribution in [0.15, 0.2) is 18.2 Å². The summed E-state index contributed by atoms with van der Waals surface area (Å²) in [7, 11) is 0. The summed E-state index contributed by atoms with van der Waals surface area (Å²) in [5.41, 5.74) is 5.98. The van der Waals surface area contributed by atoms with Crippen molar-refractivity contribution in [2.24, 2.45) is 5.73 Å². The first kappa shape index (κ1) is 9.30. The first-order valence-corrected chi connectivity index (χ1v) is 4.60. The number of hydrogen-bond donors (Lipinski definition) is 2. The van der Waals surface area contributed by atoms with Gasteiger partial charge in [-0.3, -0.25) is 0 Å². The van der Waals surface area contributed by atoms with Gasteiger partial charge in [-0.1, -0.05) is 6.07 Å². The molecule has 0 saturated carbocycles. The van der Waals surface area contributed by atoms with Crippen molar-refractivity contribution in [2.75, 3.05) is 13.2 Å². The highest BCUT2D eigenvalue weighted by Crippen LogP contribution is 2.31. The van der Waals surface area contributed by atoms with E-state index >= 15 is 0 Å². The average Bonchev–Trinajstić information content (AvgIpc) is 2.41. The summed E-state index contributed by atoms with van der Waals surface area (Å²) in [6, 6.07) is 5.22. The van der Waals surface area contributed by atoms with Gasteiger partial charge in [0.05, 0.1) is 13.2 Å². The van der Waals surface area contributed by atoms with Crippen molar-refractivity contribution >= 4 is 0 Å². The summed E-state index contributed by atoms with van der Waals surface area (Å²) in [6.45, 7) is 1.30. The lowest BCUT2D eigenvalue weighted by Crippen LogP contribution is -2.08. The van der Waals surface area contributed by atoms with Gasteiger partial charge in [-0.25, -0.2) is 0 Å². The Hall–Kier alpha value is -1.26. The van der Waals surface area contributed by atoms with E-state index in [1.165, 1.54) is 0 Å². The number of nitrogens with two attached hydrogens (primary N) is 1. The van der Waals surface area contributed by atoms with Gasteiger partial charge in [0, 0.05) is 6.42 Å². The molecule has 2 rings (SSSR count). The highest BCUT2D eigenvalue weighted by Gasteiger charge is 2.12. The van der Waals surface area contributed by atoms with Gasteiger partial charge in [-0.05, 0) is 17.7 Å². The number of benzene rings is 1. The summed E-state index contributed by atoms with van der Waals surface area (Å²) < 4.78 is 10.9. The van der Waals surface area contributed by atoms with Crippen LogP contribution < -0.4 is 15.2 Å². The molecule has 4 heteroatoms. The predicted octanol–water partition coefficient (Wildman–Crippen LogP) is 0.798. The van der Waals surface area contributed by atoms with E-state index in [0.29, 0.717) is 30.3 Å². The van der Waals surface area contributed by atoms with Crippen LogP contribution in [-0.4, -0.2) is 18.3 Å². The Balaban J connectivity index is 2.32. The van der Waals surface area contributed by atoms with Gasteiger partial charge in [0.2, 0.25) is 0 Å². The van der Waals surface area contributed by atoms with Crippen LogP contribution in [0, 0.1) is 0 Å². The number of hydrogen-bond acceptors (Lipinski definition) is 4. The van der Waals surface area contributed by atoms with Crippen LogP contribution >= 0.6 is 0 Å². The Morgan fingerprint density at radius 2 is 1.93 bits per heavy atom. The van der Waals surface area contributed by atoms with Crippen LogP contribution in [-0.2, 0) is 0 Å². The molecule has 14 heavy (non-hydrogen) atoms. The van der Waals surface area contributed by atoms with Crippen molar-refractivity contribution in [3.63, 3.8) is 0 Å². The van der Waals surface area contributed by atoms with Crippen molar-refractivity contribution in [1.29, 1.82) is 0 Å². The van der Waals surface area contributed by atoms with Crippen LogP contribution in [0.25, 0.3) is 0 Å². The lowest BCUT2D eigenvalue weighted by molar-refractivity contribution is 0.185. The maximum Gasteiger partial charge on any atom is 0.161 e. The Bertz CT molecular complexity index is 325. The van der Waals surface area contributed by atoms with Crippen molar-refractivity contribution in [3.8, 4) is 11.5 Å². The van der Waals surface area contributed by atoms with Crippen molar-refractivity contribution in [3.05, 3.63) is 23.8 Å². The molecule has 1 heterocycles. The van der Waals surface area contributed by atoms with Crippen LogP contribution in [0.5, 0.6) is 11.5 Å². The van der Waals surface area contributed by atoms with Crippen LogP contribution in [0.3, 0.4) is 0 Å². The van der Waals surface area contributed by atoms with E-state index in [4.69, 9.17) is 15.2 Å². The minimum absolute atomic E-state index is 0.634. The zero-order chi connectivity index (χ0) is 9.97. The van der Waals surface area contributed by atoms with E-state index < -0.39 is 6.23 Å². The quantitative estimate of drug-likeness (QED) is 0.650. The fraction of sp³-hybridized carbons (Fsp3) is 0.400. The monoisotopic (exact) mass is 195 g/mol. The Morgan fingerprint density at radius 3 is 2.64 bits per heavy atom. The number of aliphatic hydroxyl groups is 1. The second-order valence-electron chi connectivity index (χ2n) is 3.20. The summed E-state index contributed by atoms with van der Waals surface area (Å²) >= 11 is 0. The molecule has 0 aromatic heterocycles. The molecule has 0 fully saturated rings. The zero-order valence-electron chi connectivity index (χ0n) is 7.77. The number of aliphatic hydroxyl groups excluding tert-OH is 1. The molecule has 1 aromatic carbocycles. The first-order chi connectivity index (χ1) is 6.77. The van der Waals surface area contributed by atoms with Crippen molar-refractivity contribution in [2.45, 2.75) is 12.6 Å². The Kier molecular flexibility index (Phi) is 2.56. The maximum atomic E-state index is 9.18. The van der Waals surface area contributed by atoms with E-state index in [1.807, 2.05) is 0 Å². The molecule has 0 saturated heterocycles. The lowest BCUT2D eigenvalue weighted by Gasteiger charge is -2.10. The molecule has 1 aromatic rings. The van der Waals surface area contributed by atoms with Gasteiger partial charge >= 0.3 is 0 Å². The van der Waals surface area contributed by atoms with Gasteiger partial charge in [-0.2, -0.15) is 0 Å². The minimum atomic E-state index is -0.966. The van der Waals surface area contributed by atoms with Crippen molar-refractivity contribution < 1.29 is 14.6 Å². The topological polar surface area (TPSA) is 64.7 Å². The molecule has 0 aliphatic carbocycles. The minimum Gasteiger partial charge on any atom is -0.490 e. The van der Waals surface area contributed by atoms with Crippen LogP contribution in [0.2, 0.25) is 0 Å². The maximum absolute atomic E-state index is 9.18. The molecule has 0 bridgehead atoms. The molecule has 1 unspecified atom stereocenters. The van der Waals surface area contributed by atoms with E-state index in [9.17, 15) is 5.11 Å². The Labute approximate surface area is 82.2 Å². The largest absolute Gasteiger partial charge is 0.490 e. The summed E-state index contributed by atoms with van der Waals surface area (Å²) in [4.78, 5) is 0. The standard InChI is InChI=1S/C10H13NO3/c11-10(12)7-2-3-8-9(6-7)14-5-1-4-13-8/h2-3,6,10,12H,1,4-5,11H2. The van der Waals surface area contributed by atoms with E-state index in [2.05, 4.69) is 0 Å². The van der Waals surface area contributed by atoms with Gasteiger partial charge in [0.15, 0.2) is 11.5 Å². The van der Waals surface area contributed by atoms with Gasteiger partial charge in [0.1, 0.15) is 6.23 Å². The molecule has 0 radical (unpaired) electrons.